The van der Waals surface area contributed by atoms with E-state index in [0.29, 0.717) is 5.69 Å². The second-order valence-corrected chi connectivity index (χ2v) is 6.86. The number of aldehydes is 1. The SMILES string of the molecule is CCC=CCC=CCC=CCCCCCCCCCc1ccc(C=O)[nH]1. The van der Waals surface area contributed by atoms with Crippen LogP contribution in [0.4, 0.5) is 0 Å². The fourth-order valence-corrected chi connectivity index (χ4v) is 2.96. The van der Waals surface area contributed by atoms with Gasteiger partial charge in [0.15, 0.2) is 6.29 Å². The maximum Gasteiger partial charge on any atom is 0.166 e. The minimum atomic E-state index is 0.689. The van der Waals surface area contributed by atoms with Crippen molar-refractivity contribution in [3.05, 3.63) is 60.0 Å². The van der Waals surface area contributed by atoms with E-state index >= 15 is 0 Å². The van der Waals surface area contributed by atoms with Crippen LogP contribution >= 0.6 is 0 Å². The largest absolute Gasteiger partial charge is 0.356 e. The zero-order valence-electron chi connectivity index (χ0n) is 16.6. The first kappa shape index (κ1) is 22.2. The van der Waals surface area contributed by atoms with Crippen LogP contribution in [-0.4, -0.2) is 11.3 Å². The Kier molecular flexibility index (Phi) is 14.2. The number of aromatic amines is 1. The number of allylic oxidation sites excluding steroid dienone is 6. The fraction of sp³-hybridized carbons (Fsp3) is 0.542. The molecule has 0 aliphatic heterocycles. The molecule has 0 fully saturated rings. The Morgan fingerprint density at radius 1 is 0.769 bits per heavy atom. The quantitative estimate of drug-likeness (QED) is 0.188. The molecule has 144 valence electrons. The van der Waals surface area contributed by atoms with E-state index in [1.165, 1.54) is 57.1 Å². The lowest BCUT2D eigenvalue weighted by Crippen LogP contribution is -1.88. The van der Waals surface area contributed by atoms with E-state index < -0.39 is 0 Å². The van der Waals surface area contributed by atoms with E-state index in [2.05, 4.69) is 48.4 Å². The Morgan fingerprint density at radius 2 is 1.38 bits per heavy atom. The highest BCUT2D eigenvalue weighted by atomic mass is 16.1. The molecule has 0 radical (unpaired) electrons. The lowest BCUT2D eigenvalue weighted by molar-refractivity contribution is 0.111. The first-order chi connectivity index (χ1) is 12.9. The molecule has 0 amide bonds. The average Bonchev–Trinajstić information content (AvgIpc) is 3.12. The van der Waals surface area contributed by atoms with Gasteiger partial charge in [0.05, 0.1) is 5.69 Å². The average molecular weight is 356 g/mol. The van der Waals surface area contributed by atoms with Gasteiger partial charge in [-0.3, -0.25) is 4.79 Å². The van der Waals surface area contributed by atoms with Gasteiger partial charge >= 0.3 is 0 Å². The molecule has 0 unspecified atom stereocenters. The molecule has 1 aromatic heterocycles. The normalized spacial score (nSPS) is 12.0. The topological polar surface area (TPSA) is 32.9 Å². The van der Waals surface area contributed by atoms with Gasteiger partial charge in [-0.15, -0.1) is 0 Å². The Hall–Kier alpha value is -1.83. The lowest BCUT2D eigenvalue weighted by atomic mass is 10.1. The third-order valence-electron chi connectivity index (χ3n) is 4.49. The molecule has 2 heteroatoms. The summed E-state index contributed by atoms with van der Waals surface area (Å²) >= 11 is 0. The van der Waals surface area contributed by atoms with Gasteiger partial charge in [-0.25, -0.2) is 0 Å². The highest BCUT2D eigenvalue weighted by Gasteiger charge is 1.98. The fourth-order valence-electron chi connectivity index (χ4n) is 2.96. The van der Waals surface area contributed by atoms with Crippen LogP contribution in [0.3, 0.4) is 0 Å². The van der Waals surface area contributed by atoms with Gasteiger partial charge in [0.1, 0.15) is 0 Å². The maximum absolute atomic E-state index is 10.6. The van der Waals surface area contributed by atoms with E-state index in [1.807, 2.05) is 12.1 Å². The molecule has 2 nitrogen and oxygen atoms in total. The second-order valence-electron chi connectivity index (χ2n) is 6.86. The standard InChI is InChI=1S/C24H37NO/c1-2-3-4-5-6-7-8-9-10-11-12-13-14-15-16-17-18-19-23-20-21-24(22-26)25-23/h3-4,6-7,9-10,20-22,25H,2,5,8,11-19H2,1H3. The van der Waals surface area contributed by atoms with E-state index in [-0.39, 0.29) is 0 Å². The van der Waals surface area contributed by atoms with E-state index in [0.717, 1.165) is 32.0 Å². The molecule has 0 saturated heterocycles. The van der Waals surface area contributed by atoms with Gasteiger partial charge in [-0.2, -0.15) is 0 Å². The Balaban J connectivity index is 1.83. The third kappa shape index (κ3) is 12.5. The van der Waals surface area contributed by atoms with Crippen LogP contribution in [0.2, 0.25) is 0 Å². The molecule has 1 N–H and O–H groups in total. The minimum Gasteiger partial charge on any atom is -0.356 e. The highest BCUT2D eigenvalue weighted by molar-refractivity contribution is 5.71. The summed E-state index contributed by atoms with van der Waals surface area (Å²) in [7, 11) is 0. The second kappa shape index (κ2) is 16.6. The molecule has 0 saturated carbocycles. The molecular weight excluding hydrogens is 318 g/mol. The number of hydrogen-bond acceptors (Lipinski definition) is 1. The van der Waals surface area contributed by atoms with E-state index in [4.69, 9.17) is 0 Å². The van der Waals surface area contributed by atoms with Crippen LogP contribution in [-0.2, 0) is 6.42 Å². The molecule has 1 aromatic rings. The Labute approximate surface area is 160 Å². The number of nitrogens with one attached hydrogen (secondary N) is 1. The number of unbranched alkanes of at least 4 members (excludes halogenated alkanes) is 7. The molecule has 0 spiro atoms. The maximum atomic E-state index is 10.6. The van der Waals surface area contributed by atoms with Crippen molar-refractivity contribution in [2.75, 3.05) is 0 Å². The van der Waals surface area contributed by atoms with Crippen molar-refractivity contribution in [3.63, 3.8) is 0 Å². The number of aryl methyl sites for hydroxylation is 1. The number of carbonyl (C=O) groups is 1. The van der Waals surface area contributed by atoms with Crippen LogP contribution in [0.5, 0.6) is 0 Å². The number of hydrogen-bond donors (Lipinski definition) is 1. The summed E-state index contributed by atoms with van der Waals surface area (Å²) in [5.74, 6) is 0. The Bertz CT molecular complexity index is 536. The molecule has 0 atom stereocenters. The van der Waals surface area contributed by atoms with Gasteiger partial charge in [0, 0.05) is 5.69 Å². The summed E-state index contributed by atoms with van der Waals surface area (Å²) in [6, 6.07) is 3.88. The van der Waals surface area contributed by atoms with Gasteiger partial charge in [0.2, 0.25) is 0 Å². The minimum absolute atomic E-state index is 0.689. The number of rotatable bonds is 16. The predicted octanol–water partition coefficient (Wildman–Crippen LogP) is 7.35. The molecular formula is C24H37NO. The summed E-state index contributed by atoms with van der Waals surface area (Å²) in [6.45, 7) is 2.17. The van der Waals surface area contributed by atoms with Crippen LogP contribution in [0.25, 0.3) is 0 Å². The summed E-state index contributed by atoms with van der Waals surface area (Å²) in [4.78, 5) is 13.7. The van der Waals surface area contributed by atoms with Crippen molar-refractivity contribution in [1.82, 2.24) is 4.98 Å². The summed E-state index contributed by atoms with van der Waals surface area (Å²) in [6.07, 6.45) is 29.2. The lowest BCUT2D eigenvalue weighted by Gasteiger charge is -2.01. The Morgan fingerprint density at radius 3 is 2.04 bits per heavy atom. The van der Waals surface area contributed by atoms with E-state index in [1.54, 1.807) is 0 Å². The molecule has 0 aromatic carbocycles. The zero-order valence-corrected chi connectivity index (χ0v) is 16.6. The van der Waals surface area contributed by atoms with Crippen LogP contribution in [0.15, 0.2) is 48.6 Å². The summed E-state index contributed by atoms with van der Waals surface area (Å²) < 4.78 is 0. The van der Waals surface area contributed by atoms with E-state index in [9.17, 15) is 4.79 Å². The van der Waals surface area contributed by atoms with Crippen molar-refractivity contribution in [2.45, 2.75) is 84.0 Å². The molecule has 0 aliphatic carbocycles. The van der Waals surface area contributed by atoms with Crippen LogP contribution in [0, 0.1) is 0 Å². The van der Waals surface area contributed by atoms with Gasteiger partial charge in [-0.1, -0.05) is 75.5 Å². The number of aromatic nitrogens is 1. The van der Waals surface area contributed by atoms with Crippen LogP contribution < -0.4 is 0 Å². The first-order valence-corrected chi connectivity index (χ1v) is 10.4. The van der Waals surface area contributed by atoms with Gasteiger partial charge in [0.25, 0.3) is 0 Å². The smallest absolute Gasteiger partial charge is 0.166 e. The first-order valence-electron chi connectivity index (χ1n) is 10.4. The molecule has 1 heterocycles. The molecule has 26 heavy (non-hydrogen) atoms. The van der Waals surface area contributed by atoms with Crippen molar-refractivity contribution < 1.29 is 4.79 Å². The monoisotopic (exact) mass is 355 g/mol. The molecule has 0 bridgehead atoms. The highest BCUT2D eigenvalue weighted by Crippen LogP contribution is 2.11. The van der Waals surface area contributed by atoms with Crippen molar-refractivity contribution in [1.29, 1.82) is 0 Å². The van der Waals surface area contributed by atoms with Gasteiger partial charge in [-0.05, 0) is 57.1 Å². The number of H-pyrrole nitrogens is 1. The van der Waals surface area contributed by atoms with Crippen molar-refractivity contribution in [3.8, 4) is 0 Å². The molecule has 0 aliphatic rings. The van der Waals surface area contributed by atoms with Crippen LogP contribution in [0.1, 0.15) is 93.7 Å². The summed E-state index contributed by atoms with van der Waals surface area (Å²) in [5, 5.41) is 0. The van der Waals surface area contributed by atoms with Gasteiger partial charge < -0.3 is 4.98 Å². The van der Waals surface area contributed by atoms with Crippen molar-refractivity contribution in [2.24, 2.45) is 0 Å². The van der Waals surface area contributed by atoms with Crippen molar-refractivity contribution >= 4 is 6.29 Å². The zero-order chi connectivity index (χ0) is 18.7. The number of carbonyl (C=O) groups excluding carboxylic acids is 1. The predicted molar refractivity (Wildman–Crippen MR) is 114 cm³/mol. The third-order valence-corrected chi connectivity index (χ3v) is 4.49. The summed E-state index contributed by atoms with van der Waals surface area (Å²) in [5.41, 5.74) is 1.88. The molecule has 1 rings (SSSR count).